The normalized spacial score (nSPS) is 13.8. The number of thiophene rings is 1. The Morgan fingerprint density at radius 2 is 1.95 bits per heavy atom. The number of hydrogen-bond donors (Lipinski definition) is 1. The number of nitrogens with zero attached hydrogens (tertiary/aromatic N) is 2. The first kappa shape index (κ1) is 24.2. The fraction of sp³-hybridized carbons (Fsp3) is 0.250. The quantitative estimate of drug-likeness (QED) is 0.334. The number of rotatable bonds is 7. The molecule has 2 aromatic carbocycles. The van der Waals surface area contributed by atoms with Gasteiger partial charge in [-0.05, 0) is 72.7 Å². The minimum atomic E-state index is -0.556. The van der Waals surface area contributed by atoms with E-state index in [1.165, 1.54) is 24.5 Å². The molecule has 186 valence electrons. The van der Waals surface area contributed by atoms with Crippen LogP contribution < -0.4 is 24.3 Å². The number of amides is 1. The van der Waals surface area contributed by atoms with Gasteiger partial charge >= 0.3 is 0 Å². The van der Waals surface area contributed by atoms with E-state index in [0.29, 0.717) is 45.7 Å². The molecule has 9 heteroatoms. The topological polar surface area (TPSA) is 114 Å². The molecule has 37 heavy (non-hydrogen) atoms. The van der Waals surface area contributed by atoms with Gasteiger partial charge in [0.15, 0.2) is 23.0 Å². The third-order valence-electron chi connectivity index (χ3n) is 6.21. The van der Waals surface area contributed by atoms with Crippen molar-refractivity contribution in [2.75, 3.05) is 19.2 Å². The first-order chi connectivity index (χ1) is 18.1. The van der Waals surface area contributed by atoms with Crippen LogP contribution in [0.4, 0.5) is 5.00 Å². The highest BCUT2D eigenvalue weighted by Crippen LogP contribution is 2.38. The van der Waals surface area contributed by atoms with Crippen molar-refractivity contribution in [3.63, 3.8) is 0 Å². The van der Waals surface area contributed by atoms with E-state index in [-0.39, 0.29) is 12.4 Å². The van der Waals surface area contributed by atoms with Crippen molar-refractivity contribution in [2.45, 2.75) is 32.3 Å². The maximum atomic E-state index is 12.9. The van der Waals surface area contributed by atoms with Crippen LogP contribution in [0.5, 0.6) is 23.0 Å². The maximum Gasteiger partial charge on any atom is 0.266 e. The number of carbonyl (C=O) groups is 1. The number of nitriles is 2. The van der Waals surface area contributed by atoms with Gasteiger partial charge in [0, 0.05) is 4.88 Å². The van der Waals surface area contributed by atoms with Gasteiger partial charge in [-0.3, -0.25) is 4.79 Å². The van der Waals surface area contributed by atoms with E-state index in [2.05, 4.69) is 11.4 Å². The lowest BCUT2D eigenvalue weighted by Crippen LogP contribution is -2.13. The Bertz CT molecular complexity index is 1480. The van der Waals surface area contributed by atoms with Gasteiger partial charge in [-0.1, -0.05) is 12.1 Å². The molecule has 0 radical (unpaired) electrons. The zero-order valence-corrected chi connectivity index (χ0v) is 20.9. The van der Waals surface area contributed by atoms with Gasteiger partial charge in [-0.15, -0.1) is 11.3 Å². The summed E-state index contributed by atoms with van der Waals surface area (Å²) >= 11 is 1.42. The molecule has 1 amide bonds. The predicted octanol–water partition coefficient (Wildman–Crippen LogP) is 5.36. The largest absolute Gasteiger partial charge is 0.493 e. The minimum Gasteiger partial charge on any atom is -0.493 e. The SMILES string of the molecule is COc1cc(C=C(C#N)C(=O)Nc2sc3c(c2C#N)CCCC3)ccc1OCc1ccc2c(c1)OCO2. The van der Waals surface area contributed by atoms with Crippen LogP contribution in [0.15, 0.2) is 42.0 Å². The fourth-order valence-corrected chi connectivity index (χ4v) is 5.58. The molecule has 0 unspecified atom stereocenters. The van der Waals surface area contributed by atoms with Crippen molar-refractivity contribution in [1.29, 1.82) is 10.5 Å². The van der Waals surface area contributed by atoms with E-state index in [1.54, 1.807) is 18.2 Å². The van der Waals surface area contributed by atoms with Crippen molar-refractivity contribution in [2.24, 2.45) is 0 Å². The summed E-state index contributed by atoms with van der Waals surface area (Å²) < 4.78 is 22.2. The Labute approximate surface area is 218 Å². The molecule has 8 nitrogen and oxygen atoms in total. The van der Waals surface area contributed by atoms with Gasteiger partial charge in [-0.25, -0.2) is 0 Å². The second-order valence-corrected chi connectivity index (χ2v) is 9.64. The number of ether oxygens (including phenoxy) is 4. The summed E-state index contributed by atoms with van der Waals surface area (Å²) in [5, 5.41) is 22.6. The molecular formula is C28H23N3O5S. The molecular weight excluding hydrogens is 490 g/mol. The summed E-state index contributed by atoms with van der Waals surface area (Å²) in [6.07, 6.45) is 5.35. The second-order valence-electron chi connectivity index (χ2n) is 8.54. The summed E-state index contributed by atoms with van der Waals surface area (Å²) in [7, 11) is 1.52. The number of methoxy groups -OCH3 is 1. The van der Waals surface area contributed by atoms with E-state index >= 15 is 0 Å². The van der Waals surface area contributed by atoms with E-state index in [1.807, 2.05) is 24.3 Å². The molecule has 1 aliphatic carbocycles. The van der Waals surface area contributed by atoms with Crippen molar-refractivity contribution in [3.8, 4) is 35.1 Å². The Morgan fingerprint density at radius 3 is 2.76 bits per heavy atom. The molecule has 2 aliphatic rings. The molecule has 2 heterocycles. The first-order valence-corrected chi connectivity index (χ1v) is 12.6. The van der Waals surface area contributed by atoms with Crippen LogP contribution in [0.2, 0.25) is 0 Å². The van der Waals surface area contributed by atoms with E-state index in [4.69, 9.17) is 18.9 Å². The lowest BCUT2D eigenvalue weighted by atomic mass is 9.96. The molecule has 1 N–H and O–H groups in total. The summed E-state index contributed by atoms with van der Waals surface area (Å²) in [5.41, 5.74) is 2.97. The number of carbonyl (C=O) groups excluding carboxylic acids is 1. The highest BCUT2D eigenvalue weighted by atomic mass is 32.1. The highest BCUT2D eigenvalue weighted by molar-refractivity contribution is 7.16. The third kappa shape index (κ3) is 5.09. The third-order valence-corrected chi connectivity index (χ3v) is 7.41. The summed E-state index contributed by atoms with van der Waals surface area (Å²) in [6.45, 7) is 0.500. The summed E-state index contributed by atoms with van der Waals surface area (Å²) in [6, 6.07) is 15.0. The van der Waals surface area contributed by atoms with Crippen LogP contribution in [0.1, 0.15) is 40.0 Å². The lowest BCUT2D eigenvalue weighted by molar-refractivity contribution is -0.112. The summed E-state index contributed by atoms with van der Waals surface area (Å²) in [4.78, 5) is 14.1. The molecule has 0 bridgehead atoms. The van der Waals surface area contributed by atoms with Crippen molar-refractivity contribution in [1.82, 2.24) is 0 Å². The summed E-state index contributed by atoms with van der Waals surface area (Å²) in [5.74, 6) is 1.81. The molecule has 3 aromatic rings. The predicted molar refractivity (Wildman–Crippen MR) is 138 cm³/mol. The van der Waals surface area contributed by atoms with Crippen molar-refractivity contribution < 1.29 is 23.7 Å². The molecule has 0 fully saturated rings. The molecule has 0 spiro atoms. The van der Waals surface area contributed by atoms with Crippen LogP contribution in [-0.2, 0) is 24.2 Å². The zero-order chi connectivity index (χ0) is 25.8. The van der Waals surface area contributed by atoms with E-state index in [0.717, 1.165) is 41.7 Å². The van der Waals surface area contributed by atoms with Gasteiger partial charge < -0.3 is 24.3 Å². The Morgan fingerprint density at radius 1 is 1.11 bits per heavy atom. The molecule has 5 rings (SSSR count). The Balaban J connectivity index is 1.31. The fourth-order valence-electron chi connectivity index (χ4n) is 4.34. The van der Waals surface area contributed by atoms with Crippen LogP contribution >= 0.6 is 11.3 Å². The second kappa shape index (κ2) is 10.7. The number of nitrogens with one attached hydrogen (secondary N) is 1. The van der Waals surface area contributed by atoms with Crippen LogP contribution in [0.25, 0.3) is 6.08 Å². The average molecular weight is 514 g/mol. The minimum absolute atomic E-state index is 0.0775. The van der Waals surface area contributed by atoms with Crippen LogP contribution in [0, 0.1) is 22.7 Å². The number of anilines is 1. The number of aryl methyl sites for hydroxylation is 1. The number of hydrogen-bond acceptors (Lipinski definition) is 8. The average Bonchev–Trinajstić information content (AvgIpc) is 3.54. The smallest absolute Gasteiger partial charge is 0.266 e. The highest BCUT2D eigenvalue weighted by Gasteiger charge is 2.23. The molecule has 0 atom stereocenters. The molecule has 0 saturated carbocycles. The van der Waals surface area contributed by atoms with E-state index < -0.39 is 5.91 Å². The molecule has 0 saturated heterocycles. The van der Waals surface area contributed by atoms with Crippen LogP contribution in [0.3, 0.4) is 0 Å². The molecule has 1 aromatic heterocycles. The zero-order valence-electron chi connectivity index (χ0n) is 20.1. The maximum absolute atomic E-state index is 12.9. The lowest BCUT2D eigenvalue weighted by Gasteiger charge is -2.12. The molecule has 1 aliphatic heterocycles. The first-order valence-electron chi connectivity index (χ1n) is 11.8. The van der Waals surface area contributed by atoms with Gasteiger partial charge in [0.25, 0.3) is 5.91 Å². The monoisotopic (exact) mass is 513 g/mol. The van der Waals surface area contributed by atoms with E-state index in [9.17, 15) is 15.3 Å². The van der Waals surface area contributed by atoms with Crippen LogP contribution in [-0.4, -0.2) is 19.8 Å². The van der Waals surface area contributed by atoms with Gasteiger partial charge in [0.1, 0.15) is 29.3 Å². The van der Waals surface area contributed by atoms with Crippen molar-refractivity contribution in [3.05, 3.63) is 69.1 Å². The van der Waals surface area contributed by atoms with Crippen molar-refractivity contribution >= 4 is 28.3 Å². The number of benzene rings is 2. The van der Waals surface area contributed by atoms with Gasteiger partial charge in [0.2, 0.25) is 6.79 Å². The Kier molecular flexibility index (Phi) is 6.98. The van der Waals surface area contributed by atoms with Gasteiger partial charge in [-0.2, -0.15) is 10.5 Å². The number of fused-ring (bicyclic) bond motifs is 2. The standard InChI is InChI=1S/C28H23N3O5S/c1-33-24-11-17(6-8-22(24)34-15-18-7-9-23-25(12-18)36-16-35-23)10-19(13-29)27(32)31-28-21(14-30)20-4-2-3-5-26(20)37-28/h6-12H,2-5,15-16H2,1H3,(H,31,32). The van der Waals surface area contributed by atoms with Gasteiger partial charge in [0.05, 0.1) is 12.7 Å². The Hall–Kier alpha value is -4.47.